The van der Waals surface area contributed by atoms with Crippen LogP contribution in [0.4, 0.5) is 23.8 Å². The first kappa shape index (κ1) is 27.9. The van der Waals surface area contributed by atoms with Gasteiger partial charge >= 0.3 is 12.3 Å². The Labute approximate surface area is 241 Å². The second kappa shape index (κ2) is 10.5. The number of carbonyl (C=O) groups excluding carboxylic acids is 2. The topological polar surface area (TPSA) is 98.0 Å². The standard InChI is InChI=1S/C31H31F3N4O4/c1-17-28(19-5-3-6-20(13-19)31(32,33)34)42-30(40)38(17)16-25-21(8-10-27(36-25)37-11-4-12-37)23-14-18(7-9-26(23)41-2)22-15-24(22)29(35)39/h3,5-10,13-14,17,22,24,28H,4,11-12,15-16H2,1-2H3,(H2,35,39)/t17-,22-,24+,28-/m0/s1. The van der Waals surface area contributed by atoms with Crippen molar-refractivity contribution in [3.8, 4) is 16.9 Å². The van der Waals surface area contributed by atoms with E-state index in [1.54, 1.807) is 14.0 Å². The third-order valence-electron chi connectivity index (χ3n) is 8.49. The first-order valence-electron chi connectivity index (χ1n) is 13.9. The van der Waals surface area contributed by atoms with Crippen LogP contribution in [0.2, 0.25) is 0 Å². The van der Waals surface area contributed by atoms with Gasteiger partial charge in [-0.1, -0.05) is 18.2 Å². The normalized spacial score (nSPS) is 23.4. The summed E-state index contributed by atoms with van der Waals surface area (Å²) in [4.78, 5) is 33.5. The molecule has 42 heavy (non-hydrogen) atoms. The van der Waals surface area contributed by atoms with Crippen molar-refractivity contribution in [2.75, 3.05) is 25.1 Å². The van der Waals surface area contributed by atoms with E-state index in [0.717, 1.165) is 54.2 Å². The molecule has 0 radical (unpaired) electrons. The highest BCUT2D eigenvalue weighted by molar-refractivity contribution is 5.82. The van der Waals surface area contributed by atoms with Crippen molar-refractivity contribution < 1.29 is 32.2 Å². The molecular formula is C31H31F3N4O4. The first-order chi connectivity index (χ1) is 20.0. The fourth-order valence-electron chi connectivity index (χ4n) is 5.83. The Kier molecular flexibility index (Phi) is 6.98. The summed E-state index contributed by atoms with van der Waals surface area (Å²) in [5.41, 5.74) is 8.09. The third-order valence-corrected chi connectivity index (χ3v) is 8.49. The minimum Gasteiger partial charge on any atom is -0.496 e. The van der Waals surface area contributed by atoms with Crippen molar-refractivity contribution in [1.82, 2.24) is 9.88 Å². The predicted molar refractivity (Wildman–Crippen MR) is 149 cm³/mol. The molecule has 2 N–H and O–H groups in total. The number of primary amides is 1. The zero-order chi connectivity index (χ0) is 29.8. The molecule has 4 atom stereocenters. The van der Waals surface area contributed by atoms with Gasteiger partial charge in [-0.25, -0.2) is 9.78 Å². The van der Waals surface area contributed by atoms with E-state index >= 15 is 0 Å². The Morgan fingerprint density at radius 3 is 2.52 bits per heavy atom. The number of carbonyl (C=O) groups is 2. The van der Waals surface area contributed by atoms with Crippen molar-refractivity contribution in [2.24, 2.45) is 11.7 Å². The number of alkyl halides is 3. The van der Waals surface area contributed by atoms with Crippen LogP contribution in [-0.4, -0.2) is 48.1 Å². The fraction of sp³-hybridized carbons (Fsp3) is 0.387. The minimum absolute atomic E-state index is 0.0331. The van der Waals surface area contributed by atoms with Gasteiger partial charge in [-0.3, -0.25) is 9.69 Å². The molecule has 0 bridgehead atoms. The molecule has 2 aromatic carbocycles. The molecule has 3 aromatic rings. The van der Waals surface area contributed by atoms with Crippen LogP contribution >= 0.6 is 0 Å². The van der Waals surface area contributed by atoms with Crippen molar-refractivity contribution in [3.05, 3.63) is 77.0 Å². The number of halogens is 3. The summed E-state index contributed by atoms with van der Waals surface area (Å²) in [6, 6.07) is 14.0. The lowest BCUT2D eigenvalue weighted by atomic mass is 9.97. The van der Waals surface area contributed by atoms with Crippen LogP contribution < -0.4 is 15.4 Å². The number of amides is 2. The van der Waals surface area contributed by atoms with E-state index < -0.39 is 30.0 Å². The number of hydrogen-bond acceptors (Lipinski definition) is 6. The Morgan fingerprint density at radius 1 is 1.10 bits per heavy atom. The summed E-state index contributed by atoms with van der Waals surface area (Å²) in [5, 5.41) is 0. The van der Waals surface area contributed by atoms with Gasteiger partial charge in [0.05, 0.1) is 31.0 Å². The molecule has 1 aliphatic carbocycles. The van der Waals surface area contributed by atoms with Gasteiger partial charge in [-0.05, 0) is 73.2 Å². The highest BCUT2D eigenvalue weighted by Gasteiger charge is 2.44. The van der Waals surface area contributed by atoms with Gasteiger partial charge in [-0.15, -0.1) is 0 Å². The zero-order valence-corrected chi connectivity index (χ0v) is 23.2. The van der Waals surface area contributed by atoms with E-state index in [9.17, 15) is 22.8 Å². The lowest BCUT2D eigenvalue weighted by Gasteiger charge is -2.33. The summed E-state index contributed by atoms with van der Waals surface area (Å²) in [6.07, 6.45) is -4.27. The lowest BCUT2D eigenvalue weighted by Crippen LogP contribution is -2.38. The van der Waals surface area contributed by atoms with E-state index in [2.05, 4.69) is 4.90 Å². The molecule has 1 aromatic heterocycles. The number of nitrogens with two attached hydrogens (primary N) is 1. The average Bonchev–Trinajstić information content (AvgIpc) is 3.69. The number of cyclic esters (lactones) is 1. The number of rotatable bonds is 8. The third kappa shape index (κ3) is 5.12. The molecule has 11 heteroatoms. The predicted octanol–water partition coefficient (Wildman–Crippen LogP) is 5.66. The fourth-order valence-corrected chi connectivity index (χ4v) is 5.83. The molecule has 3 fully saturated rings. The summed E-state index contributed by atoms with van der Waals surface area (Å²) in [5.74, 6) is 0.890. The number of benzene rings is 2. The maximum Gasteiger partial charge on any atom is 0.416 e. The SMILES string of the molecule is COc1ccc([C@@H]2C[C@H]2C(N)=O)cc1-c1ccc(N2CCC2)nc1CN1C(=O)O[C@H](c2cccc(C(F)(F)F)c2)[C@@H]1C. The molecule has 8 nitrogen and oxygen atoms in total. The quantitative estimate of drug-likeness (QED) is 0.370. The summed E-state index contributed by atoms with van der Waals surface area (Å²) in [6.45, 7) is 3.58. The zero-order valence-electron chi connectivity index (χ0n) is 23.2. The first-order valence-corrected chi connectivity index (χ1v) is 13.9. The number of ether oxygens (including phenoxy) is 2. The number of methoxy groups -OCH3 is 1. The van der Waals surface area contributed by atoms with Crippen molar-refractivity contribution in [3.63, 3.8) is 0 Å². The molecule has 2 saturated heterocycles. The van der Waals surface area contributed by atoms with Gasteiger partial charge < -0.3 is 20.1 Å². The van der Waals surface area contributed by atoms with Crippen LogP contribution in [0.3, 0.4) is 0 Å². The molecule has 3 heterocycles. The molecule has 3 aliphatic rings. The molecule has 220 valence electrons. The largest absolute Gasteiger partial charge is 0.496 e. The summed E-state index contributed by atoms with van der Waals surface area (Å²) >= 11 is 0. The van der Waals surface area contributed by atoms with E-state index in [0.29, 0.717) is 17.9 Å². The van der Waals surface area contributed by atoms with Crippen LogP contribution in [0.1, 0.15) is 54.2 Å². The molecule has 6 rings (SSSR count). The highest BCUT2D eigenvalue weighted by atomic mass is 19.4. The van der Waals surface area contributed by atoms with Gasteiger partial charge in [0.2, 0.25) is 5.91 Å². The smallest absolute Gasteiger partial charge is 0.416 e. The monoisotopic (exact) mass is 580 g/mol. The van der Waals surface area contributed by atoms with Crippen LogP contribution in [0.15, 0.2) is 54.6 Å². The summed E-state index contributed by atoms with van der Waals surface area (Å²) < 4.78 is 51.4. The number of anilines is 1. The van der Waals surface area contributed by atoms with E-state index in [4.69, 9.17) is 20.2 Å². The maximum absolute atomic E-state index is 13.4. The number of nitrogens with zero attached hydrogens (tertiary/aromatic N) is 3. The average molecular weight is 581 g/mol. The van der Waals surface area contributed by atoms with Gasteiger partial charge in [0.1, 0.15) is 17.7 Å². The maximum atomic E-state index is 13.4. The second-order valence-corrected chi connectivity index (χ2v) is 11.1. The van der Waals surface area contributed by atoms with Crippen LogP contribution in [0.5, 0.6) is 5.75 Å². The number of hydrogen-bond donors (Lipinski definition) is 1. The Morgan fingerprint density at radius 2 is 1.88 bits per heavy atom. The van der Waals surface area contributed by atoms with Crippen LogP contribution in [-0.2, 0) is 22.3 Å². The van der Waals surface area contributed by atoms with Crippen LogP contribution in [0, 0.1) is 5.92 Å². The van der Waals surface area contributed by atoms with Gasteiger partial charge in [-0.2, -0.15) is 13.2 Å². The van der Waals surface area contributed by atoms with Crippen molar-refractivity contribution in [2.45, 2.75) is 50.6 Å². The lowest BCUT2D eigenvalue weighted by molar-refractivity contribution is -0.137. The van der Waals surface area contributed by atoms with Crippen LogP contribution in [0.25, 0.3) is 11.1 Å². The molecule has 0 unspecified atom stereocenters. The number of aromatic nitrogens is 1. The Balaban J connectivity index is 1.35. The Hall–Kier alpha value is -4.28. The molecular weight excluding hydrogens is 549 g/mol. The second-order valence-electron chi connectivity index (χ2n) is 11.1. The minimum atomic E-state index is -4.51. The molecule has 0 spiro atoms. The van der Waals surface area contributed by atoms with Gasteiger partial charge in [0, 0.05) is 30.1 Å². The molecule has 2 aliphatic heterocycles. The van der Waals surface area contributed by atoms with E-state index in [1.807, 2.05) is 30.3 Å². The molecule has 1 saturated carbocycles. The highest BCUT2D eigenvalue weighted by Crippen LogP contribution is 2.49. The van der Waals surface area contributed by atoms with Crippen molar-refractivity contribution >= 4 is 17.8 Å². The summed E-state index contributed by atoms with van der Waals surface area (Å²) in [7, 11) is 1.57. The van der Waals surface area contributed by atoms with E-state index in [1.165, 1.54) is 17.0 Å². The van der Waals surface area contributed by atoms with Crippen molar-refractivity contribution in [1.29, 1.82) is 0 Å². The van der Waals surface area contributed by atoms with Gasteiger partial charge in [0.15, 0.2) is 0 Å². The van der Waals surface area contributed by atoms with Gasteiger partial charge in [0.25, 0.3) is 0 Å². The number of pyridine rings is 1. The van der Waals surface area contributed by atoms with E-state index in [-0.39, 0.29) is 29.9 Å². The molecule has 2 amide bonds. The Bertz CT molecular complexity index is 1540.